The number of azide groups is 1. The lowest BCUT2D eigenvalue weighted by Crippen LogP contribution is -1.88. The maximum atomic E-state index is 8.18. The van der Waals surface area contributed by atoms with E-state index in [-0.39, 0.29) is 6.04 Å². The van der Waals surface area contributed by atoms with Crippen LogP contribution >= 0.6 is 0 Å². The predicted molar refractivity (Wildman–Crippen MR) is 40.9 cm³/mol. The third-order valence-electron chi connectivity index (χ3n) is 1.45. The second-order valence-electron chi connectivity index (χ2n) is 2.14. The monoisotopic (exact) mass is 151 g/mol. The third kappa shape index (κ3) is 1.75. The first kappa shape index (κ1) is 7.69. The van der Waals surface area contributed by atoms with Crippen molar-refractivity contribution >= 4 is 0 Å². The molecular weight excluding hydrogens is 142 g/mol. The molecule has 0 fully saturated rings. The summed E-state index contributed by atoms with van der Waals surface area (Å²) in [6.45, 7) is 1.95. The number of furan rings is 1. The van der Waals surface area contributed by atoms with Gasteiger partial charge in [-0.2, -0.15) is 0 Å². The van der Waals surface area contributed by atoms with E-state index < -0.39 is 0 Å². The van der Waals surface area contributed by atoms with Crippen molar-refractivity contribution < 1.29 is 4.42 Å². The van der Waals surface area contributed by atoms with Crippen molar-refractivity contribution in [2.24, 2.45) is 5.11 Å². The Balaban J connectivity index is 2.79. The summed E-state index contributed by atoms with van der Waals surface area (Å²) in [4.78, 5) is 2.73. The van der Waals surface area contributed by atoms with Crippen LogP contribution in [0.4, 0.5) is 0 Å². The Kier molecular flexibility index (Phi) is 2.58. The van der Waals surface area contributed by atoms with E-state index in [0.29, 0.717) is 0 Å². The number of hydrogen-bond donors (Lipinski definition) is 0. The molecule has 11 heavy (non-hydrogen) atoms. The minimum atomic E-state index is -0.157. The molecule has 0 radical (unpaired) electrons. The maximum Gasteiger partial charge on any atom is 0.112 e. The first-order valence-electron chi connectivity index (χ1n) is 3.46. The van der Waals surface area contributed by atoms with Crippen molar-refractivity contribution in [1.29, 1.82) is 0 Å². The molecule has 0 aliphatic rings. The molecule has 1 aromatic heterocycles. The zero-order chi connectivity index (χ0) is 8.10. The molecule has 58 valence electrons. The molecule has 0 unspecified atom stereocenters. The zero-order valence-electron chi connectivity index (χ0n) is 6.27. The van der Waals surface area contributed by atoms with Gasteiger partial charge in [-0.1, -0.05) is 12.0 Å². The standard InChI is InChI=1S/C7H9N3O/c1-2-6(9-10-8)7-4-3-5-11-7/h3-6H,2H2,1H3/t6-/m0/s1. The third-order valence-corrected chi connectivity index (χ3v) is 1.45. The van der Waals surface area contributed by atoms with Gasteiger partial charge in [0.15, 0.2) is 0 Å². The Morgan fingerprint density at radius 2 is 2.64 bits per heavy atom. The Morgan fingerprint density at radius 1 is 1.82 bits per heavy atom. The normalized spacial score (nSPS) is 12.1. The van der Waals surface area contributed by atoms with E-state index in [0.717, 1.165) is 12.2 Å². The molecule has 1 aromatic rings. The van der Waals surface area contributed by atoms with Crippen molar-refractivity contribution in [3.8, 4) is 0 Å². The molecule has 4 heteroatoms. The van der Waals surface area contributed by atoms with E-state index in [1.807, 2.05) is 13.0 Å². The van der Waals surface area contributed by atoms with Crippen LogP contribution in [0.2, 0.25) is 0 Å². The fourth-order valence-electron chi connectivity index (χ4n) is 0.883. The molecule has 0 bridgehead atoms. The van der Waals surface area contributed by atoms with Gasteiger partial charge in [0, 0.05) is 4.91 Å². The molecule has 0 amide bonds. The molecule has 0 spiro atoms. The van der Waals surface area contributed by atoms with Gasteiger partial charge < -0.3 is 4.42 Å². The van der Waals surface area contributed by atoms with Crippen LogP contribution in [0, 0.1) is 0 Å². The van der Waals surface area contributed by atoms with Crippen LogP contribution in [0.1, 0.15) is 25.1 Å². The molecule has 0 saturated carbocycles. The van der Waals surface area contributed by atoms with Crippen LogP contribution in [0.3, 0.4) is 0 Å². The topological polar surface area (TPSA) is 61.9 Å². The van der Waals surface area contributed by atoms with Crippen LogP contribution in [-0.2, 0) is 0 Å². The largest absolute Gasteiger partial charge is 0.469 e. The highest BCUT2D eigenvalue weighted by molar-refractivity contribution is 5.03. The molecule has 1 rings (SSSR count). The lowest BCUT2D eigenvalue weighted by atomic mass is 10.2. The molecule has 0 aliphatic carbocycles. The smallest absolute Gasteiger partial charge is 0.112 e. The van der Waals surface area contributed by atoms with Crippen molar-refractivity contribution in [2.45, 2.75) is 19.4 Å². The van der Waals surface area contributed by atoms with Crippen molar-refractivity contribution in [1.82, 2.24) is 0 Å². The summed E-state index contributed by atoms with van der Waals surface area (Å²) >= 11 is 0. The van der Waals surface area contributed by atoms with E-state index in [2.05, 4.69) is 10.0 Å². The molecule has 1 atom stereocenters. The van der Waals surface area contributed by atoms with E-state index in [4.69, 9.17) is 9.95 Å². The van der Waals surface area contributed by atoms with E-state index in [9.17, 15) is 0 Å². The molecule has 4 nitrogen and oxygen atoms in total. The van der Waals surface area contributed by atoms with Gasteiger partial charge in [-0.25, -0.2) is 0 Å². The summed E-state index contributed by atoms with van der Waals surface area (Å²) in [5.74, 6) is 0.727. The fraction of sp³-hybridized carbons (Fsp3) is 0.429. The van der Waals surface area contributed by atoms with Crippen LogP contribution in [0.25, 0.3) is 10.4 Å². The van der Waals surface area contributed by atoms with Crippen LogP contribution in [0.15, 0.2) is 27.9 Å². The van der Waals surface area contributed by atoms with Crippen LogP contribution in [0.5, 0.6) is 0 Å². The second-order valence-corrected chi connectivity index (χ2v) is 2.14. The molecule has 0 aromatic carbocycles. The quantitative estimate of drug-likeness (QED) is 0.372. The summed E-state index contributed by atoms with van der Waals surface area (Å²) in [6.07, 6.45) is 2.34. The average Bonchev–Trinajstić information content (AvgIpc) is 2.52. The highest BCUT2D eigenvalue weighted by atomic mass is 16.3. The summed E-state index contributed by atoms with van der Waals surface area (Å²) in [7, 11) is 0. The zero-order valence-corrected chi connectivity index (χ0v) is 6.27. The highest BCUT2D eigenvalue weighted by Gasteiger charge is 2.08. The van der Waals surface area contributed by atoms with Crippen LogP contribution < -0.4 is 0 Å². The van der Waals surface area contributed by atoms with Gasteiger partial charge in [0.05, 0.1) is 12.3 Å². The maximum absolute atomic E-state index is 8.18. The molecule has 0 aliphatic heterocycles. The first-order chi connectivity index (χ1) is 5.38. The molecule has 0 saturated heterocycles. The Labute approximate surface area is 64.5 Å². The lowest BCUT2D eigenvalue weighted by Gasteiger charge is -2.01. The molecule has 0 N–H and O–H groups in total. The summed E-state index contributed by atoms with van der Waals surface area (Å²) < 4.78 is 5.07. The van der Waals surface area contributed by atoms with Gasteiger partial charge in [-0.3, -0.25) is 0 Å². The predicted octanol–water partition coefficient (Wildman–Crippen LogP) is 3.04. The van der Waals surface area contributed by atoms with E-state index in [1.54, 1.807) is 12.3 Å². The fourth-order valence-corrected chi connectivity index (χ4v) is 0.883. The molecular formula is C7H9N3O. The Morgan fingerprint density at radius 3 is 3.09 bits per heavy atom. The summed E-state index contributed by atoms with van der Waals surface area (Å²) in [5.41, 5.74) is 8.18. The highest BCUT2D eigenvalue weighted by Crippen LogP contribution is 2.20. The van der Waals surface area contributed by atoms with Crippen LogP contribution in [-0.4, -0.2) is 0 Å². The van der Waals surface area contributed by atoms with Gasteiger partial charge in [0.25, 0.3) is 0 Å². The number of rotatable bonds is 3. The van der Waals surface area contributed by atoms with Gasteiger partial charge in [0.1, 0.15) is 5.76 Å². The minimum Gasteiger partial charge on any atom is -0.469 e. The van der Waals surface area contributed by atoms with Gasteiger partial charge in [-0.05, 0) is 24.1 Å². The Hall–Kier alpha value is -1.41. The van der Waals surface area contributed by atoms with Gasteiger partial charge >= 0.3 is 0 Å². The van der Waals surface area contributed by atoms with Gasteiger partial charge in [0.2, 0.25) is 0 Å². The SMILES string of the molecule is CC[C@H](N=[N+]=[N-])c1ccco1. The average molecular weight is 151 g/mol. The van der Waals surface area contributed by atoms with E-state index >= 15 is 0 Å². The van der Waals surface area contributed by atoms with Crippen molar-refractivity contribution in [2.75, 3.05) is 0 Å². The van der Waals surface area contributed by atoms with Crippen molar-refractivity contribution in [3.05, 3.63) is 34.6 Å². The second kappa shape index (κ2) is 3.68. The first-order valence-corrected chi connectivity index (χ1v) is 3.46. The number of hydrogen-bond acceptors (Lipinski definition) is 2. The summed E-state index contributed by atoms with van der Waals surface area (Å²) in [5, 5.41) is 3.57. The lowest BCUT2D eigenvalue weighted by molar-refractivity contribution is 0.459. The van der Waals surface area contributed by atoms with E-state index in [1.165, 1.54) is 0 Å². The van der Waals surface area contributed by atoms with Crippen molar-refractivity contribution in [3.63, 3.8) is 0 Å². The minimum absolute atomic E-state index is 0.157. The van der Waals surface area contributed by atoms with Gasteiger partial charge in [-0.15, -0.1) is 0 Å². The number of nitrogens with zero attached hydrogens (tertiary/aromatic N) is 3. The molecule has 1 heterocycles. The summed E-state index contributed by atoms with van der Waals surface area (Å²) in [6, 6.07) is 3.43. The Bertz CT molecular complexity index is 249.